The van der Waals surface area contributed by atoms with Crippen LogP contribution in [0.25, 0.3) is 0 Å². The van der Waals surface area contributed by atoms with Crippen molar-refractivity contribution in [2.24, 2.45) is 22.7 Å². The van der Waals surface area contributed by atoms with Crippen LogP contribution < -0.4 is 0 Å². The lowest BCUT2D eigenvalue weighted by Gasteiger charge is -2.61. The molecule has 0 saturated heterocycles. The lowest BCUT2D eigenvalue weighted by molar-refractivity contribution is -0.153. The van der Waals surface area contributed by atoms with Gasteiger partial charge in [0.05, 0.1) is 12.8 Å². The number of carboxylic acids is 2. The van der Waals surface area contributed by atoms with Crippen molar-refractivity contribution >= 4 is 11.9 Å². The predicted octanol–water partition coefficient (Wildman–Crippen LogP) is 2.15. The number of carbonyl (C=O) groups is 2. The molecule has 2 atom stereocenters. The van der Waals surface area contributed by atoms with E-state index in [1.165, 1.54) is 0 Å². The number of fused-ring (bicyclic) bond motifs is 1. The molecular weight excluding hydrogens is 220 g/mol. The van der Waals surface area contributed by atoms with E-state index in [9.17, 15) is 9.59 Å². The van der Waals surface area contributed by atoms with Gasteiger partial charge in [-0.15, -0.1) is 0 Å². The third-order valence-electron chi connectivity index (χ3n) is 4.66. The first-order chi connectivity index (χ1) is 7.78. The fourth-order valence-electron chi connectivity index (χ4n) is 3.68. The zero-order valence-electron chi connectivity index (χ0n) is 10.1. The maximum Gasteiger partial charge on any atom is 0.304 e. The molecule has 0 aromatic rings. The molecule has 0 amide bonds. The standard InChI is InChI=1S/C13H18O4/c1-12(2)8-3-4-13(6-10(14)15,7-11(16)17)9(12)5-8/h3-4,8-9H,5-7H2,1-2H3,(H,14,15)(H,16,17)/t8-,9+/m1/s1. The lowest BCUT2D eigenvalue weighted by Crippen LogP contribution is -2.56. The van der Waals surface area contributed by atoms with Crippen LogP contribution in [0.1, 0.15) is 33.1 Å². The van der Waals surface area contributed by atoms with Gasteiger partial charge in [0.25, 0.3) is 0 Å². The molecule has 3 aliphatic rings. The van der Waals surface area contributed by atoms with Gasteiger partial charge in [-0.1, -0.05) is 26.0 Å². The number of carboxylic acid groups (broad SMARTS) is 2. The maximum atomic E-state index is 11.0. The zero-order chi connectivity index (χ0) is 12.8. The number of allylic oxidation sites excluding steroid dienone is 2. The molecule has 4 heteroatoms. The Bertz CT molecular complexity index is 378. The predicted molar refractivity (Wildman–Crippen MR) is 61.5 cm³/mol. The highest BCUT2D eigenvalue weighted by Crippen LogP contribution is 2.65. The molecule has 0 aromatic heterocycles. The Balaban J connectivity index is 2.34. The summed E-state index contributed by atoms with van der Waals surface area (Å²) in [6.45, 7) is 4.21. The van der Waals surface area contributed by atoms with Gasteiger partial charge < -0.3 is 10.2 Å². The molecular formula is C13H18O4. The number of hydrogen-bond donors (Lipinski definition) is 2. The van der Waals surface area contributed by atoms with Crippen LogP contribution in [-0.2, 0) is 9.59 Å². The van der Waals surface area contributed by atoms with E-state index in [0.29, 0.717) is 5.92 Å². The minimum Gasteiger partial charge on any atom is -0.481 e. The maximum absolute atomic E-state index is 11.0. The fraction of sp³-hybridized carbons (Fsp3) is 0.692. The molecule has 2 bridgehead atoms. The topological polar surface area (TPSA) is 74.6 Å². The fourth-order valence-corrected chi connectivity index (χ4v) is 3.68. The third kappa shape index (κ3) is 1.75. The minimum absolute atomic E-state index is 0.0274. The zero-order valence-corrected chi connectivity index (χ0v) is 10.1. The average Bonchev–Trinajstić information content (AvgIpc) is 2.14. The second-order valence-corrected chi connectivity index (χ2v) is 5.95. The Morgan fingerprint density at radius 1 is 1.24 bits per heavy atom. The van der Waals surface area contributed by atoms with Crippen LogP contribution in [0.4, 0.5) is 0 Å². The molecule has 3 aliphatic carbocycles. The Labute approximate surface area is 100 Å². The van der Waals surface area contributed by atoms with Crippen LogP contribution in [0.2, 0.25) is 0 Å². The molecule has 2 N–H and O–H groups in total. The number of hydrogen-bond acceptors (Lipinski definition) is 2. The van der Waals surface area contributed by atoms with E-state index in [1.807, 2.05) is 12.2 Å². The molecule has 1 fully saturated rings. The van der Waals surface area contributed by atoms with Crippen LogP contribution in [0, 0.1) is 22.7 Å². The van der Waals surface area contributed by atoms with Gasteiger partial charge in [-0.25, -0.2) is 0 Å². The van der Waals surface area contributed by atoms with Gasteiger partial charge in [0.2, 0.25) is 0 Å². The van der Waals surface area contributed by atoms with E-state index in [-0.39, 0.29) is 24.2 Å². The van der Waals surface area contributed by atoms with Crippen LogP contribution in [0.15, 0.2) is 12.2 Å². The van der Waals surface area contributed by atoms with E-state index >= 15 is 0 Å². The molecule has 0 radical (unpaired) electrons. The monoisotopic (exact) mass is 238 g/mol. The molecule has 1 saturated carbocycles. The first-order valence-corrected chi connectivity index (χ1v) is 5.91. The summed E-state index contributed by atoms with van der Waals surface area (Å²) in [7, 11) is 0. The average molecular weight is 238 g/mol. The highest BCUT2D eigenvalue weighted by atomic mass is 16.4. The normalized spacial score (nSPS) is 31.6. The smallest absolute Gasteiger partial charge is 0.304 e. The van der Waals surface area contributed by atoms with Gasteiger partial charge in [0.1, 0.15) is 0 Å². The summed E-state index contributed by atoms with van der Waals surface area (Å²) in [5.41, 5.74) is -0.671. The molecule has 0 aliphatic heterocycles. The van der Waals surface area contributed by atoms with E-state index in [2.05, 4.69) is 13.8 Å². The molecule has 4 nitrogen and oxygen atoms in total. The summed E-state index contributed by atoms with van der Waals surface area (Å²) in [5.74, 6) is -1.20. The Hall–Kier alpha value is -1.32. The molecule has 94 valence electrons. The van der Waals surface area contributed by atoms with E-state index in [1.54, 1.807) is 0 Å². The van der Waals surface area contributed by atoms with Gasteiger partial charge in [0, 0.05) is 5.41 Å². The summed E-state index contributed by atoms with van der Waals surface area (Å²) in [6, 6.07) is 0. The Kier molecular flexibility index (Phi) is 2.56. The SMILES string of the molecule is CC1(C)[C@@H]2C=CC(CC(=O)O)(CC(=O)O)[C@H]1C2. The van der Waals surface area contributed by atoms with Crippen molar-refractivity contribution in [2.75, 3.05) is 0 Å². The van der Waals surface area contributed by atoms with Gasteiger partial charge in [-0.05, 0) is 23.7 Å². The summed E-state index contributed by atoms with van der Waals surface area (Å²) in [4.78, 5) is 22.0. The first-order valence-electron chi connectivity index (χ1n) is 5.91. The molecule has 0 spiro atoms. The van der Waals surface area contributed by atoms with Crippen LogP contribution >= 0.6 is 0 Å². The Morgan fingerprint density at radius 3 is 2.12 bits per heavy atom. The molecule has 17 heavy (non-hydrogen) atoms. The summed E-state index contributed by atoms with van der Waals surface area (Å²) in [6.07, 6.45) is 4.61. The van der Waals surface area contributed by atoms with E-state index in [4.69, 9.17) is 10.2 Å². The quantitative estimate of drug-likeness (QED) is 0.736. The highest BCUT2D eigenvalue weighted by molar-refractivity contribution is 5.73. The molecule has 3 rings (SSSR count). The van der Waals surface area contributed by atoms with Crippen molar-refractivity contribution < 1.29 is 19.8 Å². The van der Waals surface area contributed by atoms with E-state index in [0.717, 1.165) is 6.42 Å². The summed E-state index contributed by atoms with van der Waals surface area (Å²) >= 11 is 0. The summed E-state index contributed by atoms with van der Waals surface area (Å²) < 4.78 is 0. The number of aliphatic carboxylic acids is 2. The van der Waals surface area contributed by atoms with Crippen LogP contribution in [-0.4, -0.2) is 22.2 Å². The van der Waals surface area contributed by atoms with Crippen molar-refractivity contribution in [2.45, 2.75) is 33.1 Å². The van der Waals surface area contributed by atoms with Gasteiger partial charge in [0.15, 0.2) is 0 Å². The van der Waals surface area contributed by atoms with Crippen molar-refractivity contribution in [3.63, 3.8) is 0 Å². The molecule has 0 unspecified atom stereocenters. The largest absolute Gasteiger partial charge is 0.481 e. The lowest BCUT2D eigenvalue weighted by atomic mass is 9.42. The number of rotatable bonds is 4. The minimum atomic E-state index is -0.919. The van der Waals surface area contributed by atoms with E-state index < -0.39 is 17.4 Å². The first kappa shape index (κ1) is 12.1. The van der Waals surface area contributed by atoms with Crippen molar-refractivity contribution in [1.29, 1.82) is 0 Å². The van der Waals surface area contributed by atoms with Gasteiger partial charge in [-0.2, -0.15) is 0 Å². The molecule has 0 aromatic carbocycles. The second kappa shape index (κ2) is 3.59. The highest BCUT2D eigenvalue weighted by Gasteiger charge is 2.59. The van der Waals surface area contributed by atoms with Crippen LogP contribution in [0.3, 0.4) is 0 Å². The second-order valence-electron chi connectivity index (χ2n) is 5.95. The summed E-state index contributed by atoms with van der Waals surface area (Å²) in [5, 5.41) is 18.0. The van der Waals surface area contributed by atoms with Crippen molar-refractivity contribution in [3.05, 3.63) is 12.2 Å². The van der Waals surface area contributed by atoms with Gasteiger partial charge >= 0.3 is 11.9 Å². The van der Waals surface area contributed by atoms with Crippen molar-refractivity contribution in [1.82, 2.24) is 0 Å². The third-order valence-corrected chi connectivity index (χ3v) is 4.66. The van der Waals surface area contributed by atoms with Crippen molar-refractivity contribution in [3.8, 4) is 0 Å². The van der Waals surface area contributed by atoms with Gasteiger partial charge in [-0.3, -0.25) is 9.59 Å². The Morgan fingerprint density at radius 2 is 1.76 bits per heavy atom. The molecule has 0 heterocycles. The van der Waals surface area contributed by atoms with Crippen LogP contribution in [0.5, 0.6) is 0 Å².